The summed E-state index contributed by atoms with van der Waals surface area (Å²) in [6, 6.07) is 10.4. The minimum absolute atomic E-state index is 1.08. The molecule has 0 spiro atoms. The zero-order valence-electron chi connectivity index (χ0n) is 5.91. The predicted octanol–water partition coefficient (Wildman–Crippen LogP) is 1.03. The standard InChI is InChI=1S/C9H6N.Sn/c1-2-6-9-8(4-1)5-3-7-10-9;/h2-7H;. The van der Waals surface area contributed by atoms with Gasteiger partial charge in [0.1, 0.15) is 0 Å². The van der Waals surface area contributed by atoms with Gasteiger partial charge >= 0.3 is 78.5 Å². The van der Waals surface area contributed by atoms with Crippen molar-refractivity contribution in [3.8, 4) is 0 Å². The maximum atomic E-state index is 4.23. The van der Waals surface area contributed by atoms with Gasteiger partial charge in [0.2, 0.25) is 0 Å². The molecule has 0 saturated carbocycles. The SMILES string of the molecule is [Sn][c]1ccc2ncccc2c1. The summed E-state index contributed by atoms with van der Waals surface area (Å²) >= 11 is 1.46. The second-order valence-electron chi connectivity index (χ2n) is 2.41. The fraction of sp³-hybridized carbons (Fsp3) is 0. The van der Waals surface area contributed by atoms with Gasteiger partial charge in [-0.25, -0.2) is 0 Å². The van der Waals surface area contributed by atoms with Crippen molar-refractivity contribution < 1.29 is 0 Å². The van der Waals surface area contributed by atoms with Crippen LogP contribution in [0.2, 0.25) is 0 Å². The summed E-state index contributed by atoms with van der Waals surface area (Å²) in [4.78, 5) is 4.23. The number of rotatable bonds is 0. The second-order valence-corrected chi connectivity index (χ2v) is 4.06. The summed E-state index contributed by atoms with van der Waals surface area (Å²) in [5.74, 6) is 0. The van der Waals surface area contributed by atoms with Gasteiger partial charge in [0, 0.05) is 0 Å². The van der Waals surface area contributed by atoms with Gasteiger partial charge in [0.05, 0.1) is 0 Å². The van der Waals surface area contributed by atoms with Gasteiger partial charge in [-0.3, -0.25) is 0 Å². The van der Waals surface area contributed by atoms with E-state index in [4.69, 9.17) is 0 Å². The fourth-order valence-electron chi connectivity index (χ4n) is 1.08. The first-order valence-electron chi connectivity index (χ1n) is 3.43. The van der Waals surface area contributed by atoms with Crippen molar-refractivity contribution in [1.82, 2.24) is 4.98 Å². The van der Waals surface area contributed by atoms with Crippen LogP contribution < -0.4 is 3.58 Å². The molecule has 11 heavy (non-hydrogen) atoms. The van der Waals surface area contributed by atoms with E-state index in [1.165, 1.54) is 31.5 Å². The first-order chi connectivity index (χ1) is 5.36. The Morgan fingerprint density at radius 3 is 3.00 bits per heavy atom. The van der Waals surface area contributed by atoms with Crippen LogP contribution in [0.4, 0.5) is 0 Å². The van der Waals surface area contributed by atoms with E-state index >= 15 is 0 Å². The molecule has 0 N–H and O–H groups in total. The number of hydrogen-bond acceptors (Lipinski definition) is 1. The van der Waals surface area contributed by atoms with E-state index in [-0.39, 0.29) is 0 Å². The van der Waals surface area contributed by atoms with Gasteiger partial charge < -0.3 is 0 Å². The monoisotopic (exact) mass is 248 g/mol. The average Bonchev–Trinajstić information content (AvgIpc) is 2.04. The van der Waals surface area contributed by atoms with Crippen LogP contribution in [-0.4, -0.2) is 27.5 Å². The molecule has 0 aliphatic heterocycles. The Labute approximate surface area is 78.5 Å². The van der Waals surface area contributed by atoms with Crippen LogP contribution in [-0.2, 0) is 0 Å². The van der Waals surface area contributed by atoms with Crippen LogP contribution >= 0.6 is 0 Å². The van der Waals surface area contributed by atoms with Crippen LogP contribution in [0.3, 0.4) is 0 Å². The second kappa shape index (κ2) is 2.81. The fourth-order valence-corrected chi connectivity index (χ4v) is 1.76. The Kier molecular flexibility index (Phi) is 1.82. The molecule has 1 aromatic heterocycles. The van der Waals surface area contributed by atoms with Crippen LogP contribution in [0.5, 0.6) is 0 Å². The topological polar surface area (TPSA) is 12.9 Å². The molecule has 1 heterocycles. The molecule has 0 unspecified atom stereocenters. The van der Waals surface area contributed by atoms with Gasteiger partial charge in [-0.2, -0.15) is 0 Å². The Morgan fingerprint density at radius 1 is 1.18 bits per heavy atom. The van der Waals surface area contributed by atoms with Gasteiger partial charge in [-0.05, 0) is 0 Å². The van der Waals surface area contributed by atoms with Crippen molar-refractivity contribution in [2.45, 2.75) is 0 Å². The number of fused-ring (bicyclic) bond motifs is 1. The summed E-state index contributed by atoms with van der Waals surface area (Å²) in [5, 5.41) is 1.24. The van der Waals surface area contributed by atoms with E-state index < -0.39 is 0 Å². The average molecular weight is 247 g/mol. The Balaban J connectivity index is 2.83. The maximum absolute atomic E-state index is 4.23. The normalized spacial score (nSPS) is 10.3. The molecule has 51 valence electrons. The molecule has 0 aliphatic carbocycles. The number of nitrogens with zero attached hydrogens (tertiary/aromatic N) is 1. The Bertz CT molecular complexity index is 384. The Morgan fingerprint density at radius 2 is 2.09 bits per heavy atom. The van der Waals surface area contributed by atoms with Crippen molar-refractivity contribution in [2.24, 2.45) is 0 Å². The molecule has 2 aromatic rings. The van der Waals surface area contributed by atoms with Crippen LogP contribution in [0.25, 0.3) is 10.9 Å². The quantitative estimate of drug-likeness (QED) is 0.633. The van der Waals surface area contributed by atoms with Crippen molar-refractivity contribution in [3.63, 3.8) is 0 Å². The van der Waals surface area contributed by atoms with E-state index in [1.807, 2.05) is 12.3 Å². The third kappa shape index (κ3) is 1.38. The predicted molar refractivity (Wildman–Crippen MR) is 47.1 cm³/mol. The van der Waals surface area contributed by atoms with Crippen LogP contribution in [0.1, 0.15) is 0 Å². The molecule has 1 nitrogen and oxygen atoms in total. The third-order valence-electron chi connectivity index (χ3n) is 1.60. The van der Waals surface area contributed by atoms with Crippen molar-refractivity contribution in [2.75, 3.05) is 0 Å². The molecule has 0 bridgehead atoms. The van der Waals surface area contributed by atoms with Crippen molar-refractivity contribution >= 4 is 37.0 Å². The van der Waals surface area contributed by atoms with E-state index in [0.29, 0.717) is 0 Å². The summed E-state index contributed by atoms with van der Waals surface area (Å²) in [6.45, 7) is 0. The molecule has 0 saturated heterocycles. The van der Waals surface area contributed by atoms with Gasteiger partial charge in [-0.15, -0.1) is 0 Å². The molecule has 3 radical (unpaired) electrons. The first-order valence-corrected chi connectivity index (χ1v) is 4.85. The number of pyridine rings is 1. The zero-order valence-corrected chi connectivity index (χ0v) is 8.77. The van der Waals surface area contributed by atoms with Crippen molar-refractivity contribution in [3.05, 3.63) is 36.5 Å². The number of hydrogen-bond donors (Lipinski definition) is 0. The van der Waals surface area contributed by atoms with Gasteiger partial charge in [0.25, 0.3) is 0 Å². The summed E-state index contributed by atoms with van der Waals surface area (Å²) in [6.07, 6.45) is 1.82. The van der Waals surface area contributed by atoms with Crippen molar-refractivity contribution in [1.29, 1.82) is 0 Å². The van der Waals surface area contributed by atoms with Crippen LogP contribution in [0.15, 0.2) is 36.5 Å². The van der Waals surface area contributed by atoms with E-state index in [0.717, 1.165) is 5.52 Å². The molecule has 0 fully saturated rings. The molecule has 0 atom stereocenters. The number of aromatic nitrogens is 1. The van der Waals surface area contributed by atoms with E-state index in [1.54, 1.807) is 0 Å². The summed E-state index contributed by atoms with van der Waals surface area (Å²) < 4.78 is 1.37. The van der Waals surface area contributed by atoms with E-state index in [9.17, 15) is 0 Å². The summed E-state index contributed by atoms with van der Waals surface area (Å²) in [5.41, 5.74) is 1.08. The molecule has 2 heteroatoms. The van der Waals surface area contributed by atoms with Gasteiger partial charge in [-0.1, -0.05) is 0 Å². The summed E-state index contributed by atoms with van der Waals surface area (Å²) in [7, 11) is 0. The molecule has 2 rings (SSSR count). The third-order valence-corrected chi connectivity index (χ3v) is 2.49. The zero-order chi connectivity index (χ0) is 7.68. The first kappa shape index (κ1) is 7.10. The Hall–Kier alpha value is -0.571. The molecular weight excluding hydrogens is 241 g/mol. The van der Waals surface area contributed by atoms with Crippen LogP contribution in [0, 0.1) is 0 Å². The molecule has 1 aromatic carbocycles. The molecule has 0 amide bonds. The molecule has 0 aliphatic rings. The van der Waals surface area contributed by atoms with E-state index in [2.05, 4.69) is 29.2 Å². The van der Waals surface area contributed by atoms with Gasteiger partial charge in [0.15, 0.2) is 0 Å². The minimum atomic E-state index is 1.08. The molecular formula is C9H6NSn. The number of benzene rings is 1.